The van der Waals surface area contributed by atoms with Crippen LogP contribution in [-0.4, -0.2) is 47.2 Å². The monoisotopic (exact) mass is 242 g/mol. The summed E-state index contributed by atoms with van der Waals surface area (Å²) in [5, 5.41) is 12.5. The van der Waals surface area contributed by atoms with Gasteiger partial charge in [-0.15, -0.1) is 0 Å². The van der Waals surface area contributed by atoms with Crippen LogP contribution >= 0.6 is 0 Å². The molecule has 4 heteroatoms. The maximum atomic E-state index is 10.9. The lowest BCUT2D eigenvalue weighted by Crippen LogP contribution is -2.47. The van der Waals surface area contributed by atoms with Crippen molar-refractivity contribution in [2.45, 2.75) is 52.1 Å². The first-order valence-corrected chi connectivity index (χ1v) is 6.51. The molecule has 0 amide bonds. The Balaban J connectivity index is 2.29. The Morgan fingerprint density at radius 1 is 1.41 bits per heavy atom. The van der Waals surface area contributed by atoms with Gasteiger partial charge in [0, 0.05) is 5.54 Å². The summed E-state index contributed by atoms with van der Waals surface area (Å²) in [5.41, 5.74) is 0.172. The average Bonchev–Trinajstić information content (AvgIpc) is 2.25. The molecule has 0 spiro atoms. The molecule has 0 aromatic carbocycles. The van der Waals surface area contributed by atoms with E-state index in [0.717, 1.165) is 32.5 Å². The maximum absolute atomic E-state index is 10.9. The lowest BCUT2D eigenvalue weighted by molar-refractivity contribution is -0.143. The van der Waals surface area contributed by atoms with E-state index in [1.807, 2.05) is 0 Å². The Hall–Kier alpha value is -0.610. The van der Waals surface area contributed by atoms with E-state index < -0.39 is 5.97 Å². The molecule has 0 aliphatic carbocycles. The van der Waals surface area contributed by atoms with Gasteiger partial charge in [-0.2, -0.15) is 0 Å². The average molecular weight is 242 g/mol. The number of nitrogens with zero attached hydrogens (tertiary/aromatic N) is 1. The largest absolute Gasteiger partial charge is 0.480 e. The van der Waals surface area contributed by atoms with Crippen molar-refractivity contribution in [3.05, 3.63) is 0 Å². The Morgan fingerprint density at radius 3 is 2.35 bits per heavy atom. The molecule has 1 unspecified atom stereocenters. The molecule has 0 radical (unpaired) electrons. The highest BCUT2D eigenvalue weighted by molar-refractivity contribution is 5.72. The first kappa shape index (κ1) is 14.5. The normalized spacial score (nSPS) is 21.4. The molecule has 0 aromatic heterocycles. The van der Waals surface area contributed by atoms with Crippen molar-refractivity contribution < 1.29 is 9.90 Å². The molecule has 17 heavy (non-hydrogen) atoms. The summed E-state index contributed by atoms with van der Waals surface area (Å²) in [6.45, 7) is 11.2. The van der Waals surface area contributed by atoms with Crippen molar-refractivity contribution in [1.82, 2.24) is 10.2 Å². The molecule has 1 aliphatic heterocycles. The van der Waals surface area contributed by atoms with Gasteiger partial charge >= 0.3 is 5.97 Å². The summed E-state index contributed by atoms with van der Waals surface area (Å²) in [6.07, 6.45) is 2.20. The van der Waals surface area contributed by atoms with Crippen LogP contribution in [-0.2, 0) is 4.79 Å². The molecule has 1 aliphatic rings. The number of aliphatic carboxylic acids is 1. The molecule has 1 rings (SSSR count). The minimum Gasteiger partial charge on any atom is -0.480 e. The number of carboxylic acid groups (broad SMARTS) is 1. The van der Waals surface area contributed by atoms with Crippen LogP contribution in [0.1, 0.15) is 40.5 Å². The zero-order chi connectivity index (χ0) is 13.1. The quantitative estimate of drug-likeness (QED) is 0.785. The third kappa shape index (κ3) is 5.04. The van der Waals surface area contributed by atoms with Crippen LogP contribution in [0.5, 0.6) is 0 Å². The topological polar surface area (TPSA) is 52.6 Å². The van der Waals surface area contributed by atoms with Crippen LogP contribution in [0.2, 0.25) is 0 Å². The van der Waals surface area contributed by atoms with Gasteiger partial charge in [-0.3, -0.25) is 9.69 Å². The van der Waals surface area contributed by atoms with Crippen molar-refractivity contribution >= 4 is 5.97 Å². The van der Waals surface area contributed by atoms with Crippen LogP contribution in [0.15, 0.2) is 0 Å². The SMILES string of the molecule is CC(C(=O)O)N1CCC(CNC(C)(C)C)CC1. The van der Waals surface area contributed by atoms with Crippen LogP contribution in [0, 0.1) is 5.92 Å². The Bertz CT molecular complexity index is 253. The van der Waals surface area contributed by atoms with Gasteiger partial charge in [0.15, 0.2) is 0 Å². The molecule has 1 saturated heterocycles. The number of carboxylic acids is 1. The summed E-state index contributed by atoms with van der Waals surface area (Å²) >= 11 is 0. The predicted molar refractivity (Wildman–Crippen MR) is 69.2 cm³/mol. The number of rotatable bonds is 4. The maximum Gasteiger partial charge on any atom is 0.320 e. The van der Waals surface area contributed by atoms with E-state index in [9.17, 15) is 4.79 Å². The molecule has 100 valence electrons. The van der Waals surface area contributed by atoms with Gasteiger partial charge in [0.05, 0.1) is 0 Å². The standard InChI is InChI=1S/C13H26N2O2/c1-10(12(16)17)15-7-5-11(6-8-15)9-14-13(2,3)4/h10-11,14H,5-9H2,1-4H3,(H,16,17). The van der Waals surface area contributed by atoms with E-state index in [0.29, 0.717) is 5.92 Å². The van der Waals surface area contributed by atoms with E-state index in [1.165, 1.54) is 0 Å². The highest BCUT2D eigenvalue weighted by Gasteiger charge is 2.26. The summed E-state index contributed by atoms with van der Waals surface area (Å²) in [4.78, 5) is 12.9. The van der Waals surface area contributed by atoms with Crippen LogP contribution in [0.25, 0.3) is 0 Å². The summed E-state index contributed by atoms with van der Waals surface area (Å²) < 4.78 is 0. The molecule has 0 bridgehead atoms. The third-order valence-corrected chi connectivity index (χ3v) is 3.48. The Morgan fingerprint density at radius 2 is 1.94 bits per heavy atom. The molecule has 1 atom stereocenters. The van der Waals surface area contributed by atoms with Crippen molar-refractivity contribution in [3.63, 3.8) is 0 Å². The highest BCUT2D eigenvalue weighted by atomic mass is 16.4. The van der Waals surface area contributed by atoms with E-state index in [2.05, 4.69) is 31.0 Å². The van der Waals surface area contributed by atoms with Crippen LogP contribution in [0.4, 0.5) is 0 Å². The van der Waals surface area contributed by atoms with Crippen molar-refractivity contribution in [2.24, 2.45) is 5.92 Å². The zero-order valence-corrected chi connectivity index (χ0v) is 11.5. The van der Waals surface area contributed by atoms with E-state index >= 15 is 0 Å². The van der Waals surface area contributed by atoms with Gasteiger partial charge in [0.25, 0.3) is 0 Å². The smallest absolute Gasteiger partial charge is 0.320 e. The molecule has 1 fully saturated rings. The second-order valence-corrected chi connectivity index (χ2v) is 6.12. The first-order chi connectivity index (χ1) is 7.79. The van der Waals surface area contributed by atoms with Crippen LogP contribution in [0.3, 0.4) is 0 Å². The summed E-state index contributed by atoms with van der Waals surface area (Å²) in [7, 11) is 0. The molecular formula is C13H26N2O2. The molecule has 0 saturated carbocycles. The van der Waals surface area contributed by atoms with Crippen molar-refractivity contribution in [3.8, 4) is 0 Å². The number of piperidine rings is 1. The van der Waals surface area contributed by atoms with Gasteiger partial charge < -0.3 is 10.4 Å². The van der Waals surface area contributed by atoms with Gasteiger partial charge in [0.1, 0.15) is 6.04 Å². The fourth-order valence-electron chi connectivity index (χ4n) is 2.15. The molecular weight excluding hydrogens is 216 g/mol. The van der Waals surface area contributed by atoms with Crippen molar-refractivity contribution in [1.29, 1.82) is 0 Å². The third-order valence-electron chi connectivity index (χ3n) is 3.48. The fraction of sp³-hybridized carbons (Fsp3) is 0.923. The summed E-state index contributed by atoms with van der Waals surface area (Å²) in [6, 6.07) is -0.341. The zero-order valence-electron chi connectivity index (χ0n) is 11.5. The van der Waals surface area contributed by atoms with Gasteiger partial charge in [0.2, 0.25) is 0 Å². The predicted octanol–water partition coefficient (Wildman–Crippen LogP) is 1.56. The number of hydrogen-bond donors (Lipinski definition) is 2. The molecule has 1 heterocycles. The Labute approximate surface area is 104 Å². The van der Waals surface area contributed by atoms with Gasteiger partial charge in [-0.1, -0.05) is 0 Å². The molecule has 2 N–H and O–H groups in total. The summed E-state index contributed by atoms with van der Waals surface area (Å²) in [5.74, 6) is -0.0252. The lowest BCUT2D eigenvalue weighted by Gasteiger charge is -2.35. The molecule has 4 nitrogen and oxygen atoms in total. The van der Waals surface area contributed by atoms with Gasteiger partial charge in [-0.25, -0.2) is 0 Å². The van der Waals surface area contributed by atoms with E-state index in [-0.39, 0.29) is 11.6 Å². The number of carbonyl (C=O) groups is 1. The minimum absolute atomic E-state index is 0.172. The highest BCUT2D eigenvalue weighted by Crippen LogP contribution is 2.19. The fourth-order valence-corrected chi connectivity index (χ4v) is 2.15. The lowest BCUT2D eigenvalue weighted by atomic mass is 9.94. The number of hydrogen-bond acceptors (Lipinski definition) is 3. The Kier molecular flexibility index (Phi) is 4.95. The minimum atomic E-state index is -0.712. The second-order valence-electron chi connectivity index (χ2n) is 6.12. The van der Waals surface area contributed by atoms with Crippen LogP contribution < -0.4 is 5.32 Å². The van der Waals surface area contributed by atoms with E-state index in [4.69, 9.17) is 5.11 Å². The molecule has 0 aromatic rings. The second kappa shape index (κ2) is 5.83. The number of nitrogens with one attached hydrogen (secondary N) is 1. The van der Waals surface area contributed by atoms with Gasteiger partial charge in [-0.05, 0) is 66.1 Å². The van der Waals surface area contributed by atoms with E-state index in [1.54, 1.807) is 6.92 Å². The first-order valence-electron chi connectivity index (χ1n) is 6.51. The van der Waals surface area contributed by atoms with Crippen molar-refractivity contribution in [2.75, 3.05) is 19.6 Å². The number of likely N-dealkylation sites (tertiary alicyclic amines) is 1.